The summed E-state index contributed by atoms with van der Waals surface area (Å²) in [6.07, 6.45) is 0. The van der Waals surface area contributed by atoms with E-state index in [1.807, 2.05) is 30.3 Å². The minimum atomic E-state index is -3.48. The van der Waals surface area contributed by atoms with Crippen LogP contribution in [0.5, 0.6) is 0 Å². The van der Waals surface area contributed by atoms with Gasteiger partial charge in [0.05, 0.1) is 5.69 Å². The molecule has 0 unspecified atom stereocenters. The predicted octanol–water partition coefficient (Wildman–Crippen LogP) is 2.43. The first-order chi connectivity index (χ1) is 9.63. The highest BCUT2D eigenvalue weighted by molar-refractivity contribution is 7.89. The number of sulfonamides is 1. The second-order valence-electron chi connectivity index (χ2n) is 4.79. The number of nitrogens with zero attached hydrogens (tertiary/aromatic N) is 1. The van der Waals surface area contributed by atoms with Crippen molar-refractivity contribution in [2.45, 2.75) is 18.0 Å². The molecule has 0 saturated heterocycles. The Morgan fingerprint density at radius 2 is 1.50 bits per heavy atom. The van der Waals surface area contributed by atoms with Crippen molar-refractivity contribution in [1.82, 2.24) is 4.31 Å². The lowest BCUT2D eigenvalue weighted by Crippen LogP contribution is -2.26. The maximum atomic E-state index is 12.8. The fourth-order valence-electron chi connectivity index (χ4n) is 2.51. The molecule has 0 aromatic heterocycles. The van der Waals surface area contributed by atoms with Crippen molar-refractivity contribution in [2.24, 2.45) is 0 Å². The van der Waals surface area contributed by atoms with Crippen LogP contribution in [-0.2, 0) is 23.1 Å². The van der Waals surface area contributed by atoms with Crippen molar-refractivity contribution in [1.29, 1.82) is 0 Å². The highest BCUT2D eigenvalue weighted by atomic mass is 32.2. The van der Waals surface area contributed by atoms with E-state index < -0.39 is 10.0 Å². The van der Waals surface area contributed by atoms with Gasteiger partial charge in [0.1, 0.15) is 4.90 Å². The van der Waals surface area contributed by atoms with E-state index in [1.54, 1.807) is 25.2 Å². The molecule has 1 aliphatic rings. The quantitative estimate of drug-likeness (QED) is 0.943. The van der Waals surface area contributed by atoms with Gasteiger partial charge in [0.15, 0.2) is 0 Å². The summed E-state index contributed by atoms with van der Waals surface area (Å²) in [5.41, 5.74) is 2.79. The molecule has 3 rings (SSSR count). The second kappa shape index (κ2) is 4.92. The Labute approximate surface area is 119 Å². The highest BCUT2D eigenvalue weighted by Crippen LogP contribution is 2.31. The van der Waals surface area contributed by atoms with E-state index >= 15 is 0 Å². The second-order valence-corrected chi connectivity index (χ2v) is 6.69. The Morgan fingerprint density at radius 3 is 2.10 bits per heavy atom. The van der Waals surface area contributed by atoms with Gasteiger partial charge >= 0.3 is 0 Å². The molecular weight excluding hydrogens is 272 g/mol. The first-order valence-electron chi connectivity index (χ1n) is 6.46. The normalized spacial score (nSPS) is 15.1. The number of rotatable bonds is 3. The smallest absolute Gasteiger partial charge is 0.245 e. The summed E-state index contributed by atoms with van der Waals surface area (Å²) < 4.78 is 27.1. The molecule has 0 aliphatic carbocycles. The van der Waals surface area contributed by atoms with Crippen molar-refractivity contribution in [3.8, 4) is 0 Å². The molecule has 0 saturated carbocycles. The molecule has 1 aliphatic heterocycles. The maximum absolute atomic E-state index is 12.8. The van der Waals surface area contributed by atoms with E-state index in [0.717, 1.165) is 11.1 Å². The molecule has 104 valence electrons. The van der Waals surface area contributed by atoms with Crippen LogP contribution in [-0.4, -0.2) is 19.8 Å². The van der Waals surface area contributed by atoms with Crippen molar-refractivity contribution in [2.75, 3.05) is 12.4 Å². The van der Waals surface area contributed by atoms with Crippen molar-refractivity contribution in [3.63, 3.8) is 0 Å². The summed E-state index contributed by atoms with van der Waals surface area (Å²) in [4.78, 5) is 0.329. The van der Waals surface area contributed by atoms with Crippen LogP contribution in [0.2, 0.25) is 0 Å². The largest absolute Gasteiger partial charge is 0.387 e. The minimum Gasteiger partial charge on any atom is -0.387 e. The zero-order chi connectivity index (χ0) is 14.2. The zero-order valence-corrected chi connectivity index (χ0v) is 12.0. The Bertz CT molecular complexity index is 716. The summed E-state index contributed by atoms with van der Waals surface area (Å²) in [7, 11) is -1.75. The number of hydrogen-bond acceptors (Lipinski definition) is 3. The summed E-state index contributed by atoms with van der Waals surface area (Å²) in [6.45, 7) is 0.882. The van der Waals surface area contributed by atoms with Crippen LogP contribution in [0.25, 0.3) is 0 Å². The number of hydrogen-bond donors (Lipinski definition) is 1. The molecule has 2 aromatic carbocycles. The lowest BCUT2D eigenvalue weighted by Gasteiger charge is -2.18. The maximum Gasteiger partial charge on any atom is 0.245 e. The fraction of sp³-hybridized carbons (Fsp3) is 0.200. The van der Waals surface area contributed by atoms with Gasteiger partial charge in [-0.1, -0.05) is 36.4 Å². The van der Waals surface area contributed by atoms with Gasteiger partial charge in [0.25, 0.3) is 0 Å². The van der Waals surface area contributed by atoms with Crippen LogP contribution >= 0.6 is 0 Å². The van der Waals surface area contributed by atoms with Gasteiger partial charge in [-0.15, -0.1) is 0 Å². The van der Waals surface area contributed by atoms with Gasteiger partial charge in [-0.2, -0.15) is 4.31 Å². The third-order valence-corrected chi connectivity index (χ3v) is 5.44. The molecule has 4 nitrogen and oxygen atoms in total. The molecule has 20 heavy (non-hydrogen) atoms. The molecule has 0 fully saturated rings. The SMILES string of the molecule is CNc1ccccc1S(=O)(=O)N1Cc2ccccc2C1. The molecule has 2 aromatic rings. The van der Waals surface area contributed by atoms with Gasteiger partial charge in [0.2, 0.25) is 10.0 Å². The van der Waals surface area contributed by atoms with Gasteiger partial charge in [-0.3, -0.25) is 0 Å². The van der Waals surface area contributed by atoms with Gasteiger partial charge < -0.3 is 5.32 Å². The van der Waals surface area contributed by atoms with Crippen LogP contribution in [0.15, 0.2) is 53.4 Å². The van der Waals surface area contributed by atoms with E-state index in [4.69, 9.17) is 0 Å². The fourth-order valence-corrected chi connectivity index (χ4v) is 4.10. The van der Waals surface area contributed by atoms with Gasteiger partial charge in [-0.05, 0) is 23.3 Å². The summed E-state index contributed by atoms with van der Waals surface area (Å²) in [5.74, 6) is 0. The van der Waals surface area contributed by atoms with E-state index in [2.05, 4.69) is 5.32 Å². The van der Waals surface area contributed by atoms with E-state index in [0.29, 0.717) is 23.7 Å². The number of anilines is 1. The van der Waals surface area contributed by atoms with Crippen LogP contribution in [0.4, 0.5) is 5.69 Å². The molecular formula is C15H16N2O2S. The number of benzene rings is 2. The van der Waals surface area contributed by atoms with Crippen LogP contribution in [0.1, 0.15) is 11.1 Å². The Balaban J connectivity index is 1.99. The van der Waals surface area contributed by atoms with E-state index in [-0.39, 0.29) is 0 Å². The first-order valence-corrected chi connectivity index (χ1v) is 7.90. The molecule has 0 radical (unpaired) electrons. The molecule has 0 amide bonds. The number of nitrogens with one attached hydrogen (secondary N) is 1. The van der Waals surface area contributed by atoms with E-state index in [9.17, 15) is 8.42 Å². The zero-order valence-electron chi connectivity index (χ0n) is 11.2. The predicted molar refractivity (Wildman–Crippen MR) is 78.9 cm³/mol. The molecule has 1 N–H and O–H groups in total. The Morgan fingerprint density at radius 1 is 0.950 bits per heavy atom. The third kappa shape index (κ3) is 2.09. The van der Waals surface area contributed by atoms with Crippen molar-refractivity contribution in [3.05, 3.63) is 59.7 Å². The van der Waals surface area contributed by atoms with E-state index in [1.165, 1.54) is 4.31 Å². The van der Waals surface area contributed by atoms with Crippen LogP contribution in [0, 0.1) is 0 Å². The topological polar surface area (TPSA) is 49.4 Å². The standard InChI is InChI=1S/C15H16N2O2S/c1-16-14-8-4-5-9-15(14)20(18,19)17-10-12-6-2-3-7-13(12)11-17/h2-9,16H,10-11H2,1H3. The average molecular weight is 288 g/mol. The Kier molecular flexibility index (Phi) is 3.23. The molecule has 0 spiro atoms. The molecule has 0 atom stereocenters. The van der Waals surface area contributed by atoms with Gasteiger partial charge in [0, 0.05) is 20.1 Å². The first kappa shape index (κ1) is 13.1. The minimum absolute atomic E-state index is 0.329. The lowest BCUT2D eigenvalue weighted by molar-refractivity contribution is 0.432. The lowest BCUT2D eigenvalue weighted by atomic mass is 10.1. The molecule has 1 heterocycles. The summed E-state index contributed by atoms with van der Waals surface area (Å²) in [5, 5.41) is 2.94. The molecule has 0 bridgehead atoms. The average Bonchev–Trinajstić information content (AvgIpc) is 2.92. The molecule has 5 heteroatoms. The van der Waals surface area contributed by atoms with Crippen molar-refractivity contribution < 1.29 is 8.42 Å². The van der Waals surface area contributed by atoms with Crippen LogP contribution < -0.4 is 5.32 Å². The Hall–Kier alpha value is -1.85. The number of fused-ring (bicyclic) bond motifs is 1. The highest BCUT2D eigenvalue weighted by Gasteiger charge is 2.31. The summed E-state index contributed by atoms with van der Waals surface area (Å²) in [6, 6.07) is 14.8. The van der Waals surface area contributed by atoms with Crippen molar-refractivity contribution >= 4 is 15.7 Å². The van der Waals surface area contributed by atoms with Crippen LogP contribution in [0.3, 0.4) is 0 Å². The summed E-state index contributed by atoms with van der Waals surface area (Å²) >= 11 is 0. The van der Waals surface area contributed by atoms with Gasteiger partial charge in [-0.25, -0.2) is 8.42 Å². The monoisotopic (exact) mass is 288 g/mol. The number of para-hydroxylation sites is 1. The third-order valence-electron chi connectivity index (χ3n) is 3.59.